The van der Waals surface area contributed by atoms with Crippen LogP contribution in [0.2, 0.25) is 0 Å². The number of aliphatic carboxylic acids is 1. The number of rotatable bonds is 9. The number of nitrogens with zero attached hydrogens (tertiary/aromatic N) is 1. The van der Waals surface area contributed by atoms with E-state index in [2.05, 4.69) is 5.32 Å². The second kappa shape index (κ2) is 10.7. The van der Waals surface area contributed by atoms with Gasteiger partial charge in [-0.15, -0.1) is 12.4 Å². The van der Waals surface area contributed by atoms with E-state index in [0.29, 0.717) is 5.56 Å². The predicted octanol–water partition coefficient (Wildman–Crippen LogP) is 0.863. The first kappa shape index (κ1) is 23.8. The highest BCUT2D eigenvalue weighted by Gasteiger charge is 2.28. The van der Waals surface area contributed by atoms with Gasteiger partial charge in [-0.1, -0.05) is 26.0 Å². The summed E-state index contributed by atoms with van der Waals surface area (Å²) in [5, 5.41) is 32.0. The summed E-state index contributed by atoms with van der Waals surface area (Å²) in [6.07, 6.45) is -1.26. The van der Waals surface area contributed by atoms with Crippen molar-refractivity contribution in [2.45, 2.75) is 44.9 Å². The van der Waals surface area contributed by atoms with Crippen LogP contribution in [0.3, 0.4) is 0 Å². The Kier molecular flexibility index (Phi) is 9.77. The average Bonchev–Trinajstić information content (AvgIpc) is 2.53. The largest absolute Gasteiger partial charge is 0.480 e. The molecular weight excluding hydrogens is 366 g/mol. The van der Waals surface area contributed by atoms with Crippen LogP contribution in [0.5, 0.6) is 0 Å². The maximum absolute atomic E-state index is 12.0. The van der Waals surface area contributed by atoms with E-state index in [9.17, 15) is 24.8 Å². The highest BCUT2D eigenvalue weighted by Crippen LogP contribution is 2.14. The minimum atomic E-state index is -1.59. The SMILES string of the molecule is CC(C)CC(NC(=O)C(O)C(N)Cc1ccc([N+](=O)[O-])cc1)C(=O)O.Cl. The minimum absolute atomic E-state index is 0. The van der Waals surface area contributed by atoms with Gasteiger partial charge >= 0.3 is 5.97 Å². The number of hydrogen-bond acceptors (Lipinski definition) is 6. The number of hydrogen-bond donors (Lipinski definition) is 4. The molecule has 0 fully saturated rings. The molecule has 0 aliphatic heterocycles. The molecule has 5 N–H and O–H groups in total. The Bertz CT molecular complexity index is 623. The van der Waals surface area contributed by atoms with Gasteiger partial charge in [-0.3, -0.25) is 14.9 Å². The number of aliphatic hydroxyl groups is 1. The lowest BCUT2D eigenvalue weighted by Gasteiger charge is -2.22. The van der Waals surface area contributed by atoms with Crippen LogP contribution in [0, 0.1) is 16.0 Å². The number of halogens is 1. The molecule has 9 nitrogen and oxygen atoms in total. The number of nitro benzene ring substituents is 1. The van der Waals surface area contributed by atoms with E-state index in [-0.39, 0.29) is 36.9 Å². The third kappa shape index (κ3) is 7.34. The first-order chi connectivity index (χ1) is 11.6. The Labute approximate surface area is 157 Å². The molecule has 0 radical (unpaired) electrons. The van der Waals surface area contributed by atoms with E-state index in [0.717, 1.165) is 0 Å². The Morgan fingerprint density at radius 3 is 2.23 bits per heavy atom. The number of carbonyl (C=O) groups excluding carboxylic acids is 1. The molecule has 10 heteroatoms. The number of carboxylic acids is 1. The molecule has 0 aliphatic rings. The van der Waals surface area contributed by atoms with Crippen molar-refractivity contribution in [3.8, 4) is 0 Å². The van der Waals surface area contributed by atoms with Gasteiger partial charge in [0.2, 0.25) is 0 Å². The Morgan fingerprint density at radius 1 is 1.27 bits per heavy atom. The molecule has 3 unspecified atom stereocenters. The number of non-ortho nitro benzene ring substituents is 1. The summed E-state index contributed by atoms with van der Waals surface area (Å²) >= 11 is 0. The van der Waals surface area contributed by atoms with Crippen LogP contribution in [-0.4, -0.2) is 45.2 Å². The highest BCUT2D eigenvalue weighted by molar-refractivity contribution is 5.86. The van der Waals surface area contributed by atoms with Gasteiger partial charge in [-0.2, -0.15) is 0 Å². The van der Waals surface area contributed by atoms with Crippen LogP contribution in [0.25, 0.3) is 0 Å². The van der Waals surface area contributed by atoms with Crippen LogP contribution >= 0.6 is 12.4 Å². The molecule has 0 saturated heterocycles. The van der Waals surface area contributed by atoms with Crippen LogP contribution < -0.4 is 11.1 Å². The molecule has 1 aromatic rings. The van der Waals surface area contributed by atoms with E-state index in [4.69, 9.17) is 10.8 Å². The molecular formula is C16H24ClN3O6. The number of nitro groups is 1. The molecule has 0 bridgehead atoms. The van der Waals surface area contributed by atoms with Crippen LogP contribution in [-0.2, 0) is 16.0 Å². The topological polar surface area (TPSA) is 156 Å². The Hall–Kier alpha value is -2.23. The van der Waals surface area contributed by atoms with Gasteiger partial charge in [0.15, 0.2) is 0 Å². The van der Waals surface area contributed by atoms with Gasteiger partial charge in [0.25, 0.3) is 11.6 Å². The number of carboxylic acid groups (broad SMARTS) is 1. The van der Waals surface area contributed by atoms with Gasteiger partial charge in [0.1, 0.15) is 12.1 Å². The first-order valence-corrected chi connectivity index (χ1v) is 7.82. The fourth-order valence-corrected chi connectivity index (χ4v) is 2.28. The van der Waals surface area contributed by atoms with E-state index < -0.39 is 35.0 Å². The maximum atomic E-state index is 12.0. The fraction of sp³-hybridized carbons (Fsp3) is 0.500. The number of nitrogens with two attached hydrogens (primary N) is 1. The summed E-state index contributed by atoms with van der Waals surface area (Å²) in [6, 6.07) is 3.50. The lowest BCUT2D eigenvalue weighted by molar-refractivity contribution is -0.384. The number of nitrogens with one attached hydrogen (secondary N) is 1. The van der Waals surface area contributed by atoms with Gasteiger partial charge in [-0.05, 0) is 24.3 Å². The third-order valence-corrected chi connectivity index (χ3v) is 3.61. The molecule has 0 aromatic heterocycles. The van der Waals surface area contributed by atoms with Crippen LogP contribution in [0.15, 0.2) is 24.3 Å². The highest BCUT2D eigenvalue weighted by atomic mass is 35.5. The number of aliphatic hydroxyl groups excluding tert-OH is 1. The summed E-state index contributed by atoms with van der Waals surface area (Å²) in [4.78, 5) is 33.2. The van der Waals surface area contributed by atoms with Gasteiger partial charge in [0, 0.05) is 18.2 Å². The molecule has 1 aromatic carbocycles. The van der Waals surface area contributed by atoms with Crippen molar-refractivity contribution in [1.82, 2.24) is 5.32 Å². The lowest BCUT2D eigenvalue weighted by Crippen LogP contribution is -2.52. The zero-order chi connectivity index (χ0) is 19.1. The number of amides is 1. The molecule has 0 aliphatic carbocycles. The normalized spacial score (nSPS) is 14.0. The Morgan fingerprint density at radius 2 is 1.81 bits per heavy atom. The van der Waals surface area contributed by atoms with Crippen molar-refractivity contribution in [3.63, 3.8) is 0 Å². The van der Waals surface area contributed by atoms with Crippen molar-refractivity contribution in [1.29, 1.82) is 0 Å². The quantitative estimate of drug-likeness (QED) is 0.360. The molecule has 1 rings (SSSR count). The summed E-state index contributed by atoms with van der Waals surface area (Å²) in [7, 11) is 0. The van der Waals surface area contributed by atoms with Crippen molar-refractivity contribution < 1.29 is 24.7 Å². The summed E-state index contributed by atoms with van der Waals surface area (Å²) in [5.74, 6) is -1.99. The predicted molar refractivity (Wildman–Crippen MR) is 97.1 cm³/mol. The summed E-state index contributed by atoms with van der Waals surface area (Å²) in [5.41, 5.74) is 6.35. The third-order valence-electron chi connectivity index (χ3n) is 3.61. The molecule has 0 spiro atoms. The summed E-state index contributed by atoms with van der Waals surface area (Å²) in [6.45, 7) is 3.64. The smallest absolute Gasteiger partial charge is 0.326 e. The second-order valence-corrected chi connectivity index (χ2v) is 6.27. The maximum Gasteiger partial charge on any atom is 0.326 e. The average molecular weight is 390 g/mol. The van der Waals surface area contributed by atoms with Gasteiger partial charge in [-0.25, -0.2) is 4.79 Å². The monoisotopic (exact) mass is 389 g/mol. The summed E-state index contributed by atoms with van der Waals surface area (Å²) < 4.78 is 0. The van der Waals surface area contributed by atoms with Crippen molar-refractivity contribution in [3.05, 3.63) is 39.9 Å². The number of benzene rings is 1. The van der Waals surface area contributed by atoms with Crippen LogP contribution in [0.4, 0.5) is 5.69 Å². The second-order valence-electron chi connectivity index (χ2n) is 6.27. The fourth-order valence-electron chi connectivity index (χ4n) is 2.28. The first-order valence-electron chi connectivity index (χ1n) is 7.82. The van der Waals surface area contributed by atoms with Gasteiger partial charge < -0.3 is 21.3 Å². The molecule has 146 valence electrons. The molecule has 0 heterocycles. The molecule has 3 atom stereocenters. The van der Waals surface area contributed by atoms with Gasteiger partial charge in [0.05, 0.1) is 4.92 Å². The van der Waals surface area contributed by atoms with E-state index >= 15 is 0 Å². The van der Waals surface area contributed by atoms with E-state index in [1.54, 1.807) is 0 Å². The standard InChI is InChI=1S/C16H23N3O6.ClH/c1-9(2)7-13(16(22)23)18-15(21)14(20)12(17)8-10-3-5-11(6-4-10)19(24)25;/h3-6,9,12-14,20H,7-8,17H2,1-2H3,(H,18,21)(H,22,23);1H. The molecule has 26 heavy (non-hydrogen) atoms. The number of carbonyl (C=O) groups is 2. The van der Waals surface area contributed by atoms with Crippen molar-refractivity contribution >= 4 is 30.0 Å². The van der Waals surface area contributed by atoms with Crippen molar-refractivity contribution in [2.75, 3.05) is 0 Å². The minimum Gasteiger partial charge on any atom is -0.480 e. The van der Waals surface area contributed by atoms with E-state index in [1.807, 2.05) is 13.8 Å². The van der Waals surface area contributed by atoms with Crippen molar-refractivity contribution in [2.24, 2.45) is 11.7 Å². The molecule has 1 amide bonds. The van der Waals surface area contributed by atoms with Crippen LogP contribution in [0.1, 0.15) is 25.8 Å². The molecule has 0 saturated carbocycles. The van der Waals surface area contributed by atoms with E-state index in [1.165, 1.54) is 24.3 Å². The lowest BCUT2D eigenvalue weighted by atomic mass is 10.00. The zero-order valence-corrected chi connectivity index (χ0v) is 15.3. The Balaban J connectivity index is 0.00000625. The zero-order valence-electron chi connectivity index (χ0n) is 14.5.